The van der Waals surface area contributed by atoms with Gasteiger partial charge < -0.3 is 15.7 Å². The molecule has 0 bridgehead atoms. The van der Waals surface area contributed by atoms with Gasteiger partial charge in [-0.15, -0.1) is 22.7 Å². The van der Waals surface area contributed by atoms with Crippen LogP contribution in [0, 0.1) is 0 Å². The van der Waals surface area contributed by atoms with E-state index in [2.05, 4.69) is 20.6 Å². The third-order valence-electron chi connectivity index (χ3n) is 4.55. The van der Waals surface area contributed by atoms with Gasteiger partial charge in [-0.3, -0.25) is 9.59 Å². The van der Waals surface area contributed by atoms with Crippen LogP contribution in [0.4, 0.5) is 18.3 Å². The normalized spacial score (nSPS) is 12.9. The average molecular weight is 549 g/mol. The minimum atomic E-state index is -5.46. The van der Waals surface area contributed by atoms with Crippen LogP contribution >= 0.6 is 22.7 Å². The molecule has 0 aliphatic rings. The molecule has 3 rings (SSSR count). The molecule has 9 nitrogen and oxygen atoms in total. The van der Waals surface area contributed by atoms with Crippen molar-refractivity contribution in [3.8, 4) is 10.6 Å². The average Bonchev–Trinajstić information content (AvgIpc) is 3.39. The van der Waals surface area contributed by atoms with Crippen LogP contribution in [0.15, 0.2) is 34.5 Å². The van der Waals surface area contributed by atoms with Gasteiger partial charge >= 0.3 is 5.51 Å². The van der Waals surface area contributed by atoms with E-state index in [1.807, 2.05) is 0 Å². The smallest absolute Gasteiger partial charge is 0.389 e. The Balaban J connectivity index is 1.72. The van der Waals surface area contributed by atoms with E-state index in [4.69, 9.17) is 0 Å². The van der Waals surface area contributed by atoms with Gasteiger partial charge in [-0.1, -0.05) is 12.1 Å². The molecule has 3 aromatic rings. The Morgan fingerprint density at radius 2 is 1.83 bits per heavy atom. The maximum atomic E-state index is 12.7. The zero-order chi connectivity index (χ0) is 26.0. The molecule has 1 atom stereocenters. The summed E-state index contributed by atoms with van der Waals surface area (Å²) in [5, 5.41) is 17.1. The number of hydrogen-bond donors (Lipinski definition) is 3. The van der Waals surface area contributed by atoms with Crippen molar-refractivity contribution in [1.82, 2.24) is 15.3 Å². The standard InChI is InChI=1S/C20H19F3N4O5S3/c1-10(24-11(2)29)17-18(34-16(8-28)27-17)14-9-33-19(25-14)26-15(30)7-12-3-5-13(6-4-12)35(31,32)20(21,22)23/h3-6,9-10,28H,7-8H2,1-2H3,(H,24,29)(H,25,26,30). The molecule has 1 aromatic carbocycles. The molecule has 0 saturated heterocycles. The Kier molecular flexibility index (Phi) is 7.93. The number of anilines is 1. The molecule has 0 aliphatic heterocycles. The van der Waals surface area contributed by atoms with Crippen molar-refractivity contribution in [3.63, 3.8) is 0 Å². The van der Waals surface area contributed by atoms with Crippen LogP contribution in [-0.4, -0.2) is 40.8 Å². The van der Waals surface area contributed by atoms with Gasteiger partial charge in [0.1, 0.15) is 5.01 Å². The van der Waals surface area contributed by atoms with Crippen LogP contribution in [-0.2, 0) is 32.5 Å². The lowest BCUT2D eigenvalue weighted by atomic mass is 10.1. The van der Waals surface area contributed by atoms with Crippen molar-refractivity contribution >= 4 is 49.5 Å². The summed E-state index contributed by atoms with van der Waals surface area (Å²) in [4.78, 5) is 32.2. The summed E-state index contributed by atoms with van der Waals surface area (Å²) < 4.78 is 60.8. The number of nitrogens with zero attached hydrogens (tertiary/aromatic N) is 2. The fourth-order valence-electron chi connectivity index (χ4n) is 3.00. The highest BCUT2D eigenvalue weighted by Crippen LogP contribution is 2.36. The lowest BCUT2D eigenvalue weighted by molar-refractivity contribution is -0.119. The van der Waals surface area contributed by atoms with Gasteiger partial charge in [0, 0.05) is 12.3 Å². The van der Waals surface area contributed by atoms with E-state index in [0.29, 0.717) is 26.8 Å². The molecule has 35 heavy (non-hydrogen) atoms. The summed E-state index contributed by atoms with van der Waals surface area (Å²) in [7, 11) is -5.46. The van der Waals surface area contributed by atoms with Gasteiger partial charge in [0.2, 0.25) is 11.8 Å². The van der Waals surface area contributed by atoms with E-state index in [1.54, 1.807) is 12.3 Å². The largest absolute Gasteiger partial charge is 0.501 e. The second-order valence-corrected chi connectivity index (χ2v) is 11.1. The molecule has 0 saturated carbocycles. The first-order valence-electron chi connectivity index (χ1n) is 9.85. The lowest BCUT2D eigenvalue weighted by Crippen LogP contribution is -2.24. The molecule has 2 heterocycles. The second-order valence-electron chi connectivity index (χ2n) is 7.26. The van der Waals surface area contributed by atoms with E-state index in [9.17, 15) is 36.3 Å². The fourth-order valence-corrected chi connectivity index (χ4v) is 5.53. The number of benzene rings is 1. The highest BCUT2D eigenvalue weighted by molar-refractivity contribution is 7.92. The molecule has 188 valence electrons. The van der Waals surface area contributed by atoms with E-state index in [0.717, 1.165) is 35.6 Å². The van der Waals surface area contributed by atoms with Crippen LogP contribution in [0.3, 0.4) is 0 Å². The summed E-state index contributed by atoms with van der Waals surface area (Å²) in [5.41, 5.74) is -4.10. The first kappa shape index (κ1) is 26.7. The van der Waals surface area contributed by atoms with E-state index < -0.39 is 32.2 Å². The molecular formula is C20H19F3N4O5S3. The summed E-state index contributed by atoms with van der Waals surface area (Å²) in [5.74, 6) is -0.762. The predicted octanol–water partition coefficient (Wildman–Crippen LogP) is 3.43. The molecule has 2 amide bonds. The molecule has 0 fully saturated rings. The number of hydrogen-bond acceptors (Lipinski definition) is 9. The summed E-state index contributed by atoms with van der Waals surface area (Å²) in [6.45, 7) is 2.82. The van der Waals surface area contributed by atoms with Gasteiger partial charge in [-0.2, -0.15) is 13.2 Å². The number of amides is 2. The van der Waals surface area contributed by atoms with Gasteiger partial charge in [-0.25, -0.2) is 18.4 Å². The van der Waals surface area contributed by atoms with Crippen LogP contribution < -0.4 is 10.6 Å². The number of nitrogens with one attached hydrogen (secondary N) is 2. The van der Waals surface area contributed by atoms with Crippen molar-refractivity contribution in [1.29, 1.82) is 0 Å². The Labute approximate surface area is 206 Å². The van der Waals surface area contributed by atoms with Gasteiger partial charge in [0.25, 0.3) is 9.84 Å². The zero-order valence-electron chi connectivity index (χ0n) is 18.2. The third-order valence-corrected chi connectivity index (χ3v) is 7.89. The van der Waals surface area contributed by atoms with Gasteiger partial charge in [0.15, 0.2) is 5.13 Å². The third kappa shape index (κ3) is 6.22. The molecule has 2 aromatic heterocycles. The number of rotatable bonds is 8. The molecule has 0 spiro atoms. The van der Waals surface area contributed by atoms with E-state index in [-0.39, 0.29) is 24.1 Å². The number of halogens is 3. The minimum absolute atomic E-state index is 0.221. The Morgan fingerprint density at radius 3 is 2.40 bits per heavy atom. The number of aromatic nitrogens is 2. The number of aliphatic hydroxyl groups excluding tert-OH is 1. The van der Waals surface area contributed by atoms with Gasteiger partial charge in [0.05, 0.1) is 40.2 Å². The van der Waals surface area contributed by atoms with Crippen molar-refractivity contribution in [2.45, 2.75) is 43.3 Å². The Hall–Kier alpha value is -2.88. The number of sulfone groups is 1. The van der Waals surface area contributed by atoms with Crippen LogP contribution in [0.2, 0.25) is 0 Å². The van der Waals surface area contributed by atoms with Crippen LogP contribution in [0.25, 0.3) is 10.6 Å². The maximum absolute atomic E-state index is 12.7. The summed E-state index contributed by atoms with van der Waals surface area (Å²) >= 11 is 2.32. The molecule has 15 heteroatoms. The molecule has 3 N–H and O–H groups in total. The van der Waals surface area contributed by atoms with Crippen molar-refractivity contribution in [3.05, 3.63) is 45.9 Å². The van der Waals surface area contributed by atoms with Crippen LogP contribution in [0.1, 0.15) is 36.2 Å². The number of carbonyl (C=O) groups excluding carboxylic acids is 2. The van der Waals surface area contributed by atoms with Crippen molar-refractivity contribution < 1.29 is 36.3 Å². The Bertz CT molecular complexity index is 1330. The Morgan fingerprint density at radius 1 is 1.17 bits per heavy atom. The first-order chi connectivity index (χ1) is 16.3. The van der Waals surface area contributed by atoms with Crippen molar-refractivity contribution in [2.24, 2.45) is 0 Å². The molecular weight excluding hydrogens is 529 g/mol. The summed E-state index contributed by atoms with van der Waals surface area (Å²) in [6, 6.07) is 3.42. The topological polar surface area (TPSA) is 138 Å². The van der Waals surface area contributed by atoms with E-state index in [1.165, 1.54) is 18.3 Å². The monoisotopic (exact) mass is 548 g/mol. The first-order valence-corrected chi connectivity index (χ1v) is 13.0. The van der Waals surface area contributed by atoms with E-state index >= 15 is 0 Å². The SMILES string of the molecule is CC(=O)NC(C)c1nc(CO)sc1-c1csc(NC(=O)Cc2ccc(S(=O)(=O)C(F)(F)F)cc2)n1. The number of carbonyl (C=O) groups is 2. The molecule has 0 radical (unpaired) electrons. The molecule has 0 aliphatic carbocycles. The number of alkyl halides is 3. The van der Waals surface area contributed by atoms with Gasteiger partial charge in [-0.05, 0) is 24.6 Å². The zero-order valence-corrected chi connectivity index (χ0v) is 20.7. The predicted molar refractivity (Wildman–Crippen MR) is 123 cm³/mol. The second kappa shape index (κ2) is 10.4. The molecule has 1 unspecified atom stereocenters. The fraction of sp³-hybridized carbons (Fsp3) is 0.300. The highest BCUT2D eigenvalue weighted by atomic mass is 32.2. The van der Waals surface area contributed by atoms with Crippen molar-refractivity contribution in [2.75, 3.05) is 5.32 Å². The number of thiazole rings is 2. The lowest BCUT2D eigenvalue weighted by Gasteiger charge is -2.11. The summed E-state index contributed by atoms with van der Waals surface area (Å²) in [6.07, 6.45) is -0.221. The maximum Gasteiger partial charge on any atom is 0.501 e. The number of aliphatic hydroxyl groups is 1. The quantitative estimate of drug-likeness (QED) is 0.392. The highest BCUT2D eigenvalue weighted by Gasteiger charge is 2.46. The minimum Gasteiger partial charge on any atom is -0.389 e. The van der Waals surface area contributed by atoms with Crippen LogP contribution in [0.5, 0.6) is 0 Å².